The number of halogens is 1. The fourth-order valence-corrected chi connectivity index (χ4v) is 3.30. The van der Waals surface area contributed by atoms with E-state index in [4.69, 9.17) is 11.6 Å². The first-order chi connectivity index (χ1) is 12.4. The van der Waals surface area contributed by atoms with Crippen molar-refractivity contribution in [1.82, 2.24) is 15.2 Å². The number of aryl methyl sites for hydroxylation is 1. The van der Waals surface area contributed by atoms with Crippen molar-refractivity contribution in [3.8, 4) is 11.3 Å². The van der Waals surface area contributed by atoms with Gasteiger partial charge >= 0.3 is 0 Å². The summed E-state index contributed by atoms with van der Waals surface area (Å²) in [5.74, 6) is -0.00492. The molecule has 3 aromatic rings. The van der Waals surface area contributed by atoms with Crippen LogP contribution in [-0.2, 0) is 11.3 Å². The zero-order chi connectivity index (χ0) is 18.8. The van der Waals surface area contributed by atoms with E-state index in [9.17, 15) is 4.79 Å². The molecular formula is C21H24ClN3O. The number of benzene rings is 2. The molecule has 1 aromatic heterocycles. The Morgan fingerprint density at radius 3 is 2.58 bits per heavy atom. The van der Waals surface area contributed by atoms with E-state index >= 15 is 0 Å². The molecule has 0 fully saturated rings. The average molecular weight is 370 g/mol. The summed E-state index contributed by atoms with van der Waals surface area (Å²) in [6, 6.07) is 13.9. The van der Waals surface area contributed by atoms with E-state index in [0.29, 0.717) is 11.6 Å². The highest BCUT2D eigenvalue weighted by atomic mass is 35.5. The lowest BCUT2D eigenvalue weighted by Crippen LogP contribution is -2.41. The number of carbonyl (C=O) groups excluding carboxylic acids is 1. The SMILES string of the molecule is Cc1c(-c2ccccc2)[nH]c2c(CNC(=O)[C@@H](C)N(C)C)cc(Cl)cc12. The van der Waals surface area contributed by atoms with Gasteiger partial charge in [-0.25, -0.2) is 0 Å². The first kappa shape index (κ1) is 18.5. The Labute approximate surface area is 159 Å². The first-order valence-electron chi connectivity index (χ1n) is 8.68. The van der Waals surface area contributed by atoms with Crippen LogP contribution in [0.1, 0.15) is 18.1 Å². The quantitative estimate of drug-likeness (QED) is 0.701. The van der Waals surface area contributed by atoms with Crippen LogP contribution >= 0.6 is 11.6 Å². The smallest absolute Gasteiger partial charge is 0.237 e. The molecule has 0 unspecified atom stereocenters. The van der Waals surface area contributed by atoms with Crippen molar-refractivity contribution >= 4 is 28.4 Å². The Morgan fingerprint density at radius 2 is 1.92 bits per heavy atom. The normalized spacial score (nSPS) is 12.5. The van der Waals surface area contributed by atoms with Crippen LogP contribution in [0.3, 0.4) is 0 Å². The summed E-state index contributed by atoms with van der Waals surface area (Å²) in [6.45, 7) is 4.41. The maximum Gasteiger partial charge on any atom is 0.237 e. The lowest BCUT2D eigenvalue weighted by molar-refractivity contribution is -0.125. The van der Waals surface area contributed by atoms with Gasteiger partial charge in [-0.1, -0.05) is 41.9 Å². The van der Waals surface area contributed by atoms with Gasteiger partial charge in [0.1, 0.15) is 0 Å². The molecule has 4 nitrogen and oxygen atoms in total. The van der Waals surface area contributed by atoms with Crippen LogP contribution in [-0.4, -0.2) is 35.9 Å². The van der Waals surface area contributed by atoms with E-state index in [1.807, 2.05) is 56.3 Å². The topological polar surface area (TPSA) is 48.1 Å². The van der Waals surface area contributed by atoms with E-state index in [1.165, 1.54) is 0 Å². The predicted molar refractivity (Wildman–Crippen MR) is 108 cm³/mol. The van der Waals surface area contributed by atoms with Crippen LogP contribution in [0.15, 0.2) is 42.5 Å². The highest BCUT2D eigenvalue weighted by molar-refractivity contribution is 6.31. The van der Waals surface area contributed by atoms with Gasteiger partial charge in [-0.2, -0.15) is 0 Å². The monoisotopic (exact) mass is 369 g/mol. The second-order valence-electron chi connectivity index (χ2n) is 6.84. The second-order valence-corrected chi connectivity index (χ2v) is 7.27. The van der Waals surface area contributed by atoms with E-state index in [-0.39, 0.29) is 11.9 Å². The number of hydrogen-bond acceptors (Lipinski definition) is 2. The van der Waals surface area contributed by atoms with Crippen LogP contribution in [0.2, 0.25) is 5.02 Å². The minimum absolute atomic E-state index is 0.00492. The number of aromatic amines is 1. The van der Waals surface area contributed by atoms with Crippen molar-refractivity contribution in [2.24, 2.45) is 0 Å². The fraction of sp³-hybridized carbons (Fsp3) is 0.286. The van der Waals surface area contributed by atoms with Crippen molar-refractivity contribution in [2.45, 2.75) is 26.4 Å². The van der Waals surface area contributed by atoms with Crippen LogP contribution in [0.4, 0.5) is 0 Å². The Balaban J connectivity index is 1.97. The highest BCUT2D eigenvalue weighted by Gasteiger charge is 2.17. The van der Waals surface area contributed by atoms with Gasteiger partial charge in [0.2, 0.25) is 5.91 Å². The zero-order valence-electron chi connectivity index (χ0n) is 15.6. The van der Waals surface area contributed by atoms with Gasteiger partial charge in [0.15, 0.2) is 0 Å². The van der Waals surface area contributed by atoms with Crippen molar-refractivity contribution in [3.63, 3.8) is 0 Å². The van der Waals surface area contributed by atoms with Gasteiger partial charge in [-0.15, -0.1) is 0 Å². The number of H-pyrrole nitrogens is 1. The molecular weight excluding hydrogens is 346 g/mol. The molecule has 0 saturated heterocycles. The molecule has 1 atom stereocenters. The number of amides is 1. The summed E-state index contributed by atoms with van der Waals surface area (Å²) in [5, 5.41) is 4.76. The lowest BCUT2D eigenvalue weighted by Gasteiger charge is -2.19. The van der Waals surface area contributed by atoms with Crippen molar-refractivity contribution < 1.29 is 4.79 Å². The Morgan fingerprint density at radius 1 is 1.23 bits per heavy atom. The molecule has 3 rings (SSSR count). The summed E-state index contributed by atoms with van der Waals surface area (Å²) in [5.41, 5.74) is 5.37. The maximum absolute atomic E-state index is 12.3. The minimum Gasteiger partial charge on any atom is -0.354 e. The molecule has 5 heteroatoms. The number of likely N-dealkylation sites (N-methyl/N-ethyl adjacent to an activating group) is 1. The molecule has 0 bridgehead atoms. The number of nitrogens with one attached hydrogen (secondary N) is 2. The Kier molecular flexibility index (Phi) is 5.35. The van der Waals surface area contributed by atoms with Crippen molar-refractivity contribution in [2.75, 3.05) is 14.1 Å². The molecule has 136 valence electrons. The average Bonchev–Trinajstić information content (AvgIpc) is 2.96. The molecule has 0 spiro atoms. The second kappa shape index (κ2) is 7.52. The molecule has 0 aliphatic rings. The van der Waals surface area contributed by atoms with Crippen LogP contribution in [0.5, 0.6) is 0 Å². The maximum atomic E-state index is 12.3. The summed E-state index contributed by atoms with van der Waals surface area (Å²) >= 11 is 6.34. The molecule has 1 amide bonds. The lowest BCUT2D eigenvalue weighted by atomic mass is 10.1. The summed E-state index contributed by atoms with van der Waals surface area (Å²) in [7, 11) is 3.78. The predicted octanol–water partition coefficient (Wildman–Crippen LogP) is 4.36. The van der Waals surface area contributed by atoms with Crippen LogP contribution in [0, 0.1) is 6.92 Å². The van der Waals surface area contributed by atoms with Crippen LogP contribution < -0.4 is 5.32 Å². The number of nitrogens with zero attached hydrogens (tertiary/aromatic N) is 1. The van der Waals surface area contributed by atoms with Crippen molar-refractivity contribution in [3.05, 3.63) is 58.6 Å². The van der Waals surface area contributed by atoms with Crippen molar-refractivity contribution in [1.29, 1.82) is 0 Å². The van der Waals surface area contributed by atoms with Crippen LogP contribution in [0.25, 0.3) is 22.2 Å². The largest absolute Gasteiger partial charge is 0.354 e. The molecule has 26 heavy (non-hydrogen) atoms. The highest BCUT2D eigenvalue weighted by Crippen LogP contribution is 2.33. The third-order valence-electron chi connectivity index (χ3n) is 4.88. The molecule has 2 N–H and O–H groups in total. The Hall–Kier alpha value is -2.30. The van der Waals surface area contributed by atoms with Gasteiger partial charge in [0, 0.05) is 22.6 Å². The standard InChI is InChI=1S/C21H24ClN3O/c1-13-18-11-17(22)10-16(12-23-21(26)14(2)25(3)4)20(18)24-19(13)15-8-6-5-7-9-15/h5-11,14,24H,12H2,1-4H3,(H,23,26)/t14-/m1/s1. The van der Waals surface area contributed by atoms with Gasteiger partial charge in [0.25, 0.3) is 0 Å². The molecule has 0 radical (unpaired) electrons. The fourth-order valence-electron chi connectivity index (χ4n) is 3.06. The molecule has 1 heterocycles. The number of hydrogen-bond donors (Lipinski definition) is 2. The van der Waals surface area contributed by atoms with E-state index in [1.54, 1.807) is 0 Å². The van der Waals surface area contributed by atoms with Gasteiger partial charge in [0.05, 0.1) is 11.6 Å². The zero-order valence-corrected chi connectivity index (χ0v) is 16.3. The molecule has 2 aromatic carbocycles. The first-order valence-corrected chi connectivity index (χ1v) is 9.06. The van der Waals surface area contributed by atoms with E-state index < -0.39 is 0 Å². The molecule has 0 aliphatic carbocycles. The van der Waals surface area contributed by atoms with Gasteiger partial charge in [-0.3, -0.25) is 9.69 Å². The molecule has 0 saturated carbocycles. The third kappa shape index (κ3) is 3.62. The summed E-state index contributed by atoms with van der Waals surface area (Å²) < 4.78 is 0. The van der Waals surface area contributed by atoms with Gasteiger partial charge < -0.3 is 10.3 Å². The Bertz CT molecular complexity index is 931. The number of fused-ring (bicyclic) bond motifs is 1. The van der Waals surface area contributed by atoms with E-state index in [0.717, 1.165) is 33.3 Å². The number of rotatable bonds is 5. The third-order valence-corrected chi connectivity index (χ3v) is 5.10. The summed E-state index contributed by atoms with van der Waals surface area (Å²) in [6.07, 6.45) is 0. The number of carbonyl (C=O) groups is 1. The summed E-state index contributed by atoms with van der Waals surface area (Å²) in [4.78, 5) is 17.7. The molecule has 0 aliphatic heterocycles. The van der Waals surface area contributed by atoms with E-state index in [2.05, 4.69) is 29.4 Å². The number of aromatic nitrogens is 1. The minimum atomic E-state index is -0.185. The van der Waals surface area contributed by atoms with Gasteiger partial charge in [-0.05, 0) is 56.8 Å².